The quantitative estimate of drug-likeness (QED) is 0.163. The third kappa shape index (κ3) is 6.91. The fraction of sp³-hybridized carbons (Fsp3) is 0.455. The molecular weight excluding hydrogens is 586 g/mol. The lowest BCUT2D eigenvalue weighted by Crippen LogP contribution is -2.73. The van der Waals surface area contributed by atoms with Gasteiger partial charge in [0.1, 0.15) is 12.2 Å². The molecule has 2 heterocycles. The summed E-state index contributed by atoms with van der Waals surface area (Å²) < 4.78 is 22.2. The van der Waals surface area contributed by atoms with Gasteiger partial charge in [-0.15, -0.1) is 0 Å². The number of rotatable bonds is 10. The molecule has 12 heteroatoms. The number of aliphatic hydroxyl groups is 4. The number of hydrogen-bond donors (Lipinski definition) is 6. The Morgan fingerprint density at radius 1 is 1.16 bits per heavy atom. The molecule has 2 fully saturated rings. The Balaban J connectivity index is 1.55. The molecule has 0 aromatic heterocycles. The van der Waals surface area contributed by atoms with Gasteiger partial charge < -0.3 is 49.8 Å². The van der Waals surface area contributed by atoms with Crippen LogP contribution in [0.4, 0.5) is 0 Å². The van der Waals surface area contributed by atoms with Crippen LogP contribution in [0.5, 0.6) is 11.5 Å². The van der Waals surface area contributed by atoms with Gasteiger partial charge in [0.05, 0.1) is 13.7 Å². The summed E-state index contributed by atoms with van der Waals surface area (Å²) in [6, 6.07) is 10.3. The maximum absolute atomic E-state index is 14.1. The van der Waals surface area contributed by atoms with Gasteiger partial charge in [0, 0.05) is 38.2 Å². The summed E-state index contributed by atoms with van der Waals surface area (Å²) in [6.45, 7) is 0.938. The molecule has 2 bridgehead atoms. The molecule has 242 valence electrons. The highest BCUT2D eigenvalue weighted by Crippen LogP contribution is 2.41. The van der Waals surface area contributed by atoms with Crippen molar-refractivity contribution in [3.63, 3.8) is 0 Å². The first-order valence-electron chi connectivity index (χ1n) is 14.8. The fourth-order valence-corrected chi connectivity index (χ4v) is 6.26. The van der Waals surface area contributed by atoms with E-state index in [1.807, 2.05) is 30.4 Å². The highest BCUT2D eigenvalue weighted by atomic mass is 16.7. The van der Waals surface area contributed by atoms with Gasteiger partial charge in [-0.25, -0.2) is 4.79 Å². The van der Waals surface area contributed by atoms with Crippen molar-refractivity contribution >= 4 is 24.1 Å². The minimum absolute atomic E-state index is 0.0413. The van der Waals surface area contributed by atoms with Crippen LogP contribution in [0.25, 0.3) is 12.2 Å². The average molecular weight is 626 g/mol. The predicted molar refractivity (Wildman–Crippen MR) is 161 cm³/mol. The Morgan fingerprint density at radius 2 is 1.96 bits per heavy atom. The number of benzene rings is 2. The number of nitrogens with one attached hydrogen (secondary N) is 1. The maximum atomic E-state index is 14.1. The van der Waals surface area contributed by atoms with E-state index in [0.29, 0.717) is 12.0 Å². The average Bonchev–Trinajstić information content (AvgIpc) is 3.02. The van der Waals surface area contributed by atoms with E-state index in [1.165, 1.54) is 13.2 Å². The van der Waals surface area contributed by atoms with Crippen LogP contribution in [0.1, 0.15) is 41.5 Å². The Labute approximate surface area is 260 Å². The van der Waals surface area contributed by atoms with Gasteiger partial charge in [-0.1, -0.05) is 36.4 Å². The summed E-state index contributed by atoms with van der Waals surface area (Å²) in [5.74, 6) is -4.40. The molecule has 0 amide bonds. The second-order valence-corrected chi connectivity index (χ2v) is 11.6. The van der Waals surface area contributed by atoms with Crippen LogP contribution >= 0.6 is 0 Å². The van der Waals surface area contributed by atoms with Crippen molar-refractivity contribution in [1.29, 1.82) is 0 Å². The number of methoxy groups -OCH3 is 1. The molecule has 3 aliphatic rings. The van der Waals surface area contributed by atoms with E-state index in [-0.39, 0.29) is 55.7 Å². The number of carbonyl (C=O) groups excluding carboxylic acids is 2. The number of carbonyl (C=O) groups is 2. The van der Waals surface area contributed by atoms with Crippen LogP contribution in [0.15, 0.2) is 48.0 Å². The van der Waals surface area contributed by atoms with E-state index in [1.54, 1.807) is 18.2 Å². The van der Waals surface area contributed by atoms with E-state index < -0.39 is 48.1 Å². The summed E-state index contributed by atoms with van der Waals surface area (Å²) in [7, 11) is 1.40. The number of phenols is 1. The number of ether oxygens (including phenoxy) is 4. The molecule has 45 heavy (non-hydrogen) atoms. The van der Waals surface area contributed by atoms with Crippen LogP contribution in [-0.4, -0.2) is 101 Å². The van der Waals surface area contributed by atoms with Gasteiger partial charge in [0.15, 0.2) is 23.7 Å². The summed E-state index contributed by atoms with van der Waals surface area (Å²) in [5.41, 5.74) is 3.29. The summed E-state index contributed by atoms with van der Waals surface area (Å²) >= 11 is 0. The largest absolute Gasteiger partial charge is 0.504 e. The number of fused-ring (bicyclic) bond motifs is 3. The van der Waals surface area contributed by atoms with Crippen molar-refractivity contribution in [3.8, 4) is 11.5 Å². The van der Waals surface area contributed by atoms with Crippen LogP contribution in [-0.2, 0) is 30.2 Å². The van der Waals surface area contributed by atoms with E-state index >= 15 is 0 Å². The molecule has 12 nitrogen and oxygen atoms in total. The molecule has 0 saturated carbocycles. The van der Waals surface area contributed by atoms with Gasteiger partial charge in [-0.05, 0) is 59.2 Å². The lowest BCUT2D eigenvalue weighted by atomic mass is 9.75. The van der Waals surface area contributed by atoms with Crippen LogP contribution < -0.4 is 10.1 Å². The molecule has 0 unspecified atom stereocenters. The van der Waals surface area contributed by atoms with Gasteiger partial charge >= 0.3 is 11.9 Å². The molecule has 6 N–H and O–H groups in total. The fourth-order valence-electron chi connectivity index (χ4n) is 6.26. The lowest BCUT2D eigenvalue weighted by molar-refractivity contribution is -0.355. The number of morpholine rings is 1. The maximum Gasteiger partial charge on any atom is 0.334 e. The highest BCUT2D eigenvalue weighted by molar-refractivity contribution is 5.94. The third-order valence-corrected chi connectivity index (χ3v) is 8.52. The number of β-amino-alcohol motifs (C(OH)–C–C–N with tert-alkyl or cyclic N) is 1. The van der Waals surface area contributed by atoms with Crippen LogP contribution in [0, 0.1) is 5.92 Å². The summed E-state index contributed by atoms with van der Waals surface area (Å²) in [6.07, 6.45) is 0.547. The number of esters is 2. The number of aliphatic hydroxyl groups excluding tert-OH is 3. The number of aromatic hydroxyl groups is 1. The van der Waals surface area contributed by atoms with E-state index in [0.717, 1.165) is 23.6 Å². The standard InChI is InChI=1S/C33H39NO11/c1-18(37)43-30-29(39)28-15-34-17-33(41,45-28)31(30)44-32(40)23(11-20-4-8-26(38)27(13-20)42-2)14-25-22(16-36)7-6-21-5-3-19(9-10-35)12-24(21)25/h3-8,11-13,22,25,28-31,34-36,38-39,41H,9-10,14-17H2,1-2H3/t22-,25-,28-,29+,30+,31-,33-/m1/s1. The molecule has 7 atom stereocenters. The molecule has 0 spiro atoms. The van der Waals surface area contributed by atoms with E-state index in [9.17, 15) is 35.1 Å². The normalized spacial score (nSPS) is 29.1. The number of phenolic OH excluding ortho intramolecular Hbond substituents is 1. The zero-order valence-corrected chi connectivity index (χ0v) is 25.1. The predicted octanol–water partition coefficient (Wildman–Crippen LogP) is 1.02. The minimum atomic E-state index is -2.10. The molecule has 2 saturated heterocycles. The third-order valence-electron chi connectivity index (χ3n) is 8.52. The van der Waals surface area contributed by atoms with Crippen LogP contribution in [0.2, 0.25) is 0 Å². The zero-order chi connectivity index (χ0) is 32.3. The Morgan fingerprint density at radius 3 is 2.67 bits per heavy atom. The number of hydrogen-bond acceptors (Lipinski definition) is 12. The molecule has 1 aliphatic carbocycles. The van der Waals surface area contributed by atoms with Gasteiger partial charge in [0.2, 0.25) is 5.79 Å². The molecule has 2 aromatic carbocycles. The monoisotopic (exact) mass is 625 g/mol. The Hall–Kier alpha value is -3.78. The minimum Gasteiger partial charge on any atom is -0.504 e. The van der Waals surface area contributed by atoms with Gasteiger partial charge in [-0.2, -0.15) is 0 Å². The Kier molecular flexibility index (Phi) is 9.92. The summed E-state index contributed by atoms with van der Waals surface area (Å²) in [5, 5.41) is 55.3. The van der Waals surface area contributed by atoms with Crippen LogP contribution in [0.3, 0.4) is 0 Å². The SMILES string of the molecule is COc1cc(C=C(C[C@H]2c3cc(CCO)ccc3C=C[C@@H]2CO)C(=O)O[C@@H]2[C@@H](OC(C)=O)[C@@H](O)[C@H]3CNC[C@@]2(O)O3)ccc1O. The van der Waals surface area contributed by atoms with Gasteiger partial charge in [0.25, 0.3) is 0 Å². The second kappa shape index (κ2) is 13.7. The molecular formula is C33H39NO11. The molecule has 2 aliphatic heterocycles. The van der Waals surface area contributed by atoms with Gasteiger partial charge in [-0.3, -0.25) is 4.79 Å². The topological polar surface area (TPSA) is 184 Å². The lowest BCUT2D eigenvalue weighted by Gasteiger charge is -2.51. The van der Waals surface area contributed by atoms with Crippen molar-refractivity contribution in [3.05, 3.63) is 70.3 Å². The zero-order valence-electron chi connectivity index (χ0n) is 25.1. The molecule has 0 radical (unpaired) electrons. The second-order valence-electron chi connectivity index (χ2n) is 11.6. The molecule has 2 aromatic rings. The first kappa shape index (κ1) is 32.6. The molecule has 5 rings (SSSR count). The van der Waals surface area contributed by atoms with Crippen molar-refractivity contribution in [2.45, 2.75) is 55.9 Å². The van der Waals surface area contributed by atoms with E-state index in [4.69, 9.17) is 18.9 Å². The smallest absolute Gasteiger partial charge is 0.334 e. The van der Waals surface area contributed by atoms with Crippen molar-refractivity contribution in [1.82, 2.24) is 5.32 Å². The first-order chi connectivity index (χ1) is 21.6. The van der Waals surface area contributed by atoms with E-state index in [2.05, 4.69) is 5.32 Å². The van der Waals surface area contributed by atoms with Crippen molar-refractivity contribution in [2.24, 2.45) is 5.92 Å². The first-order valence-corrected chi connectivity index (χ1v) is 14.8. The Bertz CT molecular complexity index is 1470. The highest BCUT2D eigenvalue weighted by Gasteiger charge is 2.59. The van der Waals surface area contributed by atoms with Crippen molar-refractivity contribution < 1.29 is 54.1 Å². The van der Waals surface area contributed by atoms with Crippen molar-refractivity contribution in [2.75, 3.05) is 33.4 Å². The summed E-state index contributed by atoms with van der Waals surface area (Å²) in [4.78, 5) is 26.1.